The number of rotatable bonds is 7. The first-order valence-electron chi connectivity index (χ1n) is 10.4. The van der Waals surface area contributed by atoms with Crippen LogP contribution in [0.15, 0.2) is 90.0 Å². The Morgan fingerprint density at radius 3 is 2.68 bits per heavy atom. The van der Waals surface area contributed by atoms with Crippen LogP contribution in [0.5, 0.6) is 5.75 Å². The van der Waals surface area contributed by atoms with Crippen LogP contribution in [-0.2, 0) is 6.61 Å². The molecule has 0 aliphatic heterocycles. The predicted molar refractivity (Wildman–Crippen MR) is 130 cm³/mol. The van der Waals surface area contributed by atoms with Crippen LogP contribution < -0.4 is 10.2 Å². The molecule has 168 valence electrons. The monoisotopic (exact) mass is 472 g/mol. The lowest BCUT2D eigenvalue weighted by molar-refractivity contribution is 0.306. The molecule has 0 atom stereocenters. The predicted octanol–water partition coefficient (Wildman–Crippen LogP) is 5.61. The van der Waals surface area contributed by atoms with E-state index in [-0.39, 0.29) is 16.4 Å². The molecule has 7 nitrogen and oxygen atoms in total. The molecule has 5 aromatic rings. The second-order valence-corrected chi connectivity index (χ2v) is 7.73. The number of hydrazone groups is 1. The van der Waals surface area contributed by atoms with E-state index in [2.05, 4.69) is 25.8 Å². The molecule has 0 spiro atoms. The van der Waals surface area contributed by atoms with E-state index in [1.165, 1.54) is 16.6 Å². The Hall–Kier alpha value is -4.30. The minimum Gasteiger partial charge on any atom is -0.489 e. The summed E-state index contributed by atoms with van der Waals surface area (Å²) in [5, 5.41) is 17.0. The Morgan fingerprint density at radius 2 is 1.82 bits per heavy atom. The molecule has 0 saturated carbocycles. The molecule has 0 amide bonds. The van der Waals surface area contributed by atoms with Gasteiger partial charge in [-0.2, -0.15) is 9.62 Å². The Balaban J connectivity index is 1.31. The van der Waals surface area contributed by atoms with Gasteiger partial charge in [0.25, 0.3) is 0 Å². The van der Waals surface area contributed by atoms with E-state index in [0.717, 1.165) is 16.9 Å². The maximum Gasteiger partial charge on any atom is 0.189 e. The summed E-state index contributed by atoms with van der Waals surface area (Å²) >= 11 is 6.18. The molecule has 2 aromatic heterocycles. The lowest BCUT2D eigenvalue weighted by Crippen LogP contribution is -2.01. The van der Waals surface area contributed by atoms with Gasteiger partial charge in [-0.15, -0.1) is 15.3 Å². The summed E-state index contributed by atoms with van der Waals surface area (Å²) in [6, 6.07) is 25.4. The molecule has 3 aromatic carbocycles. The second kappa shape index (κ2) is 9.68. The highest BCUT2D eigenvalue weighted by Gasteiger charge is 2.17. The molecule has 0 aliphatic rings. The molecule has 0 radical (unpaired) electrons. The van der Waals surface area contributed by atoms with Gasteiger partial charge in [-0.1, -0.05) is 60.1 Å². The van der Waals surface area contributed by atoms with Gasteiger partial charge in [0.15, 0.2) is 17.3 Å². The van der Waals surface area contributed by atoms with Crippen molar-refractivity contribution in [3.8, 4) is 17.1 Å². The highest BCUT2D eigenvalue weighted by atomic mass is 35.5. The van der Waals surface area contributed by atoms with E-state index in [9.17, 15) is 4.39 Å². The number of fused-ring (bicyclic) bond motifs is 1. The van der Waals surface area contributed by atoms with Crippen molar-refractivity contribution in [1.29, 1.82) is 0 Å². The first kappa shape index (κ1) is 21.5. The van der Waals surface area contributed by atoms with Gasteiger partial charge in [0, 0.05) is 0 Å². The zero-order valence-electron chi connectivity index (χ0n) is 17.8. The molecule has 0 bridgehead atoms. The summed E-state index contributed by atoms with van der Waals surface area (Å²) in [6.07, 6.45) is 1.65. The topological polar surface area (TPSA) is 76.7 Å². The van der Waals surface area contributed by atoms with Crippen molar-refractivity contribution in [3.05, 3.63) is 107 Å². The standard InChI is InChI=1S/C25H18ClFN6O/c26-20-10-5-11-21(27)24(20)25-31-30-23-13-12-22(32-33(23)25)29-28-15-18-8-4-9-19(14-18)34-16-17-6-2-1-3-7-17/h1-15H,16H2,(H,29,32). The number of hydrogen-bond donors (Lipinski definition) is 1. The Bertz CT molecular complexity index is 1450. The van der Waals surface area contributed by atoms with Gasteiger partial charge < -0.3 is 4.74 Å². The third-order valence-electron chi connectivity index (χ3n) is 4.95. The van der Waals surface area contributed by atoms with Gasteiger partial charge in [-0.05, 0) is 47.5 Å². The summed E-state index contributed by atoms with van der Waals surface area (Å²) in [4.78, 5) is 0. The molecule has 0 unspecified atom stereocenters. The largest absolute Gasteiger partial charge is 0.489 e. The number of halogens is 2. The number of aromatic nitrogens is 4. The van der Waals surface area contributed by atoms with Gasteiger partial charge in [0.05, 0.1) is 16.8 Å². The smallest absolute Gasteiger partial charge is 0.189 e. The van der Waals surface area contributed by atoms with Crippen LogP contribution in [0, 0.1) is 5.82 Å². The molecule has 0 aliphatic carbocycles. The molecular weight excluding hydrogens is 455 g/mol. The quantitative estimate of drug-likeness (QED) is 0.246. The van der Waals surface area contributed by atoms with Crippen molar-refractivity contribution in [2.75, 3.05) is 5.43 Å². The van der Waals surface area contributed by atoms with Crippen molar-refractivity contribution in [3.63, 3.8) is 0 Å². The average Bonchev–Trinajstić information content (AvgIpc) is 3.27. The molecule has 5 rings (SSSR count). The average molecular weight is 473 g/mol. The van der Waals surface area contributed by atoms with Crippen molar-refractivity contribution in [1.82, 2.24) is 19.8 Å². The maximum atomic E-state index is 14.4. The number of nitrogens with one attached hydrogen (secondary N) is 1. The first-order valence-corrected chi connectivity index (χ1v) is 10.8. The Morgan fingerprint density at radius 1 is 0.971 bits per heavy atom. The van der Waals surface area contributed by atoms with Crippen molar-refractivity contribution in [2.24, 2.45) is 5.10 Å². The summed E-state index contributed by atoms with van der Waals surface area (Å²) in [7, 11) is 0. The normalized spacial score (nSPS) is 11.2. The van der Waals surface area contributed by atoms with E-state index < -0.39 is 5.82 Å². The highest BCUT2D eigenvalue weighted by Crippen LogP contribution is 2.29. The maximum absolute atomic E-state index is 14.4. The van der Waals surface area contributed by atoms with Crippen molar-refractivity contribution >= 4 is 29.3 Å². The number of anilines is 1. The summed E-state index contributed by atoms with van der Waals surface area (Å²) in [6.45, 7) is 0.483. The van der Waals surface area contributed by atoms with E-state index >= 15 is 0 Å². The molecule has 2 heterocycles. The second-order valence-electron chi connectivity index (χ2n) is 7.33. The SMILES string of the molecule is Fc1cccc(Cl)c1-c1nnc2ccc(NN=Cc3cccc(OCc4ccccc4)c3)nn12. The zero-order valence-corrected chi connectivity index (χ0v) is 18.5. The Labute approximate surface area is 199 Å². The summed E-state index contributed by atoms with van der Waals surface area (Å²) < 4.78 is 21.6. The van der Waals surface area contributed by atoms with Gasteiger partial charge in [0.2, 0.25) is 0 Å². The van der Waals surface area contributed by atoms with Gasteiger partial charge in [0.1, 0.15) is 18.2 Å². The van der Waals surface area contributed by atoms with Crippen LogP contribution in [0.1, 0.15) is 11.1 Å². The number of ether oxygens (including phenoxy) is 1. The Kier molecular flexibility index (Phi) is 6.13. The number of nitrogens with zero attached hydrogens (tertiary/aromatic N) is 5. The molecule has 9 heteroatoms. The van der Waals surface area contributed by atoms with Crippen LogP contribution in [0.3, 0.4) is 0 Å². The van der Waals surface area contributed by atoms with Crippen LogP contribution in [0.25, 0.3) is 17.0 Å². The molecule has 1 N–H and O–H groups in total. The summed E-state index contributed by atoms with van der Waals surface area (Å²) in [5.41, 5.74) is 5.40. The van der Waals surface area contributed by atoms with Gasteiger partial charge in [-0.3, -0.25) is 5.43 Å². The van der Waals surface area contributed by atoms with Crippen molar-refractivity contribution in [2.45, 2.75) is 6.61 Å². The molecule has 0 fully saturated rings. The van der Waals surface area contributed by atoms with Crippen molar-refractivity contribution < 1.29 is 9.13 Å². The van der Waals surface area contributed by atoms with E-state index in [0.29, 0.717) is 18.1 Å². The lowest BCUT2D eigenvalue weighted by Gasteiger charge is -2.07. The fourth-order valence-corrected chi connectivity index (χ4v) is 3.56. The van der Waals surface area contributed by atoms with Crippen LogP contribution in [0.4, 0.5) is 10.2 Å². The van der Waals surface area contributed by atoms with Gasteiger partial charge in [-0.25, -0.2) is 4.39 Å². The number of benzene rings is 3. The van der Waals surface area contributed by atoms with E-state index in [1.54, 1.807) is 24.4 Å². The van der Waals surface area contributed by atoms with Gasteiger partial charge >= 0.3 is 0 Å². The van der Waals surface area contributed by atoms with Crippen LogP contribution >= 0.6 is 11.6 Å². The van der Waals surface area contributed by atoms with Crippen LogP contribution in [-0.4, -0.2) is 26.0 Å². The van der Waals surface area contributed by atoms with Crippen LogP contribution in [0.2, 0.25) is 5.02 Å². The third-order valence-corrected chi connectivity index (χ3v) is 5.26. The minimum absolute atomic E-state index is 0.136. The zero-order chi connectivity index (χ0) is 23.3. The first-order chi connectivity index (χ1) is 16.7. The highest BCUT2D eigenvalue weighted by molar-refractivity contribution is 6.33. The fraction of sp³-hybridized carbons (Fsp3) is 0.0400. The number of hydrogen-bond acceptors (Lipinski definition) is 6. The summed E-state index contributed by atoms with van der Waals surface area (Å²) in [5.74, 6) is 0.861. The van der Waals surface area contributed by atoms with E-state index in [4.69, 9.17) is 16.3 Å². The molecule has 0 saturated heterocycles. The molecular formula is C25H18ClFN6O. The third kappa shape index (κ3) is 4.72. The minimum atomic E-state index is -0.505. The molecule has 34 heavy (non-hydrogen) atoms. The lowest BCUT2D eigenvalue weighted by atomic mass is 10.2. The van der Waals surface area contributed by atoms with E-state index in [1.807, 2.05) is 54.6 Å². The fourth-order valence-electron chi connectivity index (χ4n) is 3.31.